The molecule has 8 heteroatoms. The van der Waals surface area contributed by atoms with Gasteiger partial charge in [-0.25, -0.2) is 18.6 Å². The molecule has 5 nitrogen and oxygen atoms in total. The molecule has 0 fully saturated rings. The van der Waals surface area contributed by atoms with E-state index >= 15 is 0 Å². The van der Waals surface area contributed by atoms with Gasteiger partial charge in [0.05, 0.1) is 11.1 Å². The van der Waals surface area contributed by atoms with E-state index in [0.29, 0.717) is 10.9 Å². The van der Waals surface area contributed by atoms with E-state index in [1.165, 1.54) is 19.1 Å². The second kappa shape index (κ2) is 7.67. The Morgan fingerprint density at radius 3 is 2.48 bits per heavy atom. The number of rotatable bonds is 4. The van der Waals surface area contributed by atoms with Gasteiger partial charge in [-0.1, -0.05) is 35.9 Å². The Morgan fingerprint density at radius 1 is 1.11 bits per heavy atom. The van der Waals surface area contributed by atoms with Crippen molar-refractivity contribution in [2.24, 2.45) is 0 Å². The zero-order valence-electron chi connectivity index (χ0n) is 14.0. The second-order valence-corrected chi connectivity index (χ2v) is 6.03. The molecule has 3 aromatic rings. The van der Waals surface area contributed by atoms with Gasteiger partial charge < -0.3 is 10.1 Å². The minimum absolute atomic E-state index is 0.0891. The van der Waals surface area contributed by atoms with Crippen LogP contribution < -0.4 is 5.32 Å². The fourth-order valence-corrected chi connectivity index (χ4v) is 2.63. The highest BCUT2D eigenvalue weighted by atomic mass is 35.5. The number of para-hydroxylation sites is 2. The van der Waals surface area contributed by atoms with Crippen LogP contribution in [0.4, 0.5) is 14.5 Å². The third-order valence-corrected chi connectivity index (χ3v) is 3.96. The quantitative estimate of drug-likeness (QED) is 0.531. The maximum atomic E-state index is 13.6. The number of esters is 1. The van der Waals surface area contributed by atoms with Gasteiger partial charge in [-0.3, -0.25) is 4.79 Å². The summed E-state index contributed by atoms with van der Waals surface area (Å²) in [6, 6.07) is 11.3. The summed E-state index contributed by atoms with van der Waals surface area (Å²) in [5.74, 6) is -3.56. The van der Waals surface area contributed by atoms with Crippen LogP contribution >= 0.6 is 11.6 Å². The van der Waals surface area contributed by atoms with Crippen molar-refractivity contribution in [3.63, 3.8) is 0 Å². The van der Waals surface area contributed by atoms with Crippen molar-refractivity contribution in [2.45, 2.75) is 13.0 Å². The number of halogens is 3. The lowest BCUT2D eigenvalue weighted by molar-refractivity contribution is -0.123. The first-order chi connectivity index (χ1) is 12.9. The maximum absolute atomic E-state index is 13.6. The predicted octanol–water partition coefficient (Wildman–Crippen LogP) is 4.35. The molecule has 1 atom stereocenters. The van der Waals surface area contributed by atoms with Crippen LogP contribution in [0.1, 0.15) is 17.3 Å². The van der Waals surface area contributed by atoms with Gasteiger partial charge in [0.25, 0.3) is 5.91 Å². The predicted molar refractivity (Wildman–Crippen MR) is 96.6 cm³/mol. The Bertz CT molecular complexity index is 1020. The molecule has 0 saturated carbocycles. The number of ether oxygens (including phenoxy) is 1. The minimum Gasteiger partial charge on any atom is -0.449 e. The van der Waals surface area contributed by atoms with Crippen molar-refractivity contribution in [2.75, 3.05) is 5.32 Å². The van der Waals surface area contributed by atoms with E-state index in [0.717, 1.165) is 12.1 Å². The summed E-state index contributed by atoms with van der Waals surface area (Å²) in [7, 11) is 0. The molecule has 3 rings (SSSR count). The van der Waals surface area contributed by atoms with E-state index < -0.39 is 35.3 Å². The SMILES string of the molecule is C[C@@H](OC(=O)c1cc(Cl)nc2ccccc12)C(=O)Nc1c(F)cccc1F. The lowest BCUT2D eigenvalue weighted by Crippen LogP contribution is -2.30. The lowest BCUT2D eigenvalue weighted by Gasteiger charge is -2.15. The van der Waals surface area contributed by atoms with Crippen molar-refractivity contribution < 1.29 is 23.1 Å². The summed E-state index contributed by atoms with van der Waals surface area (Å²) in [6.45, 7) is 1.29. The molecule has 2 aromatic carbocycles. The third kappa shape index (κ3) is 4.03. The van der Waals surface area contributed by atoms with E-state index in [2.05, 4.69) is 10.3 Å². The van der Waals surface area contributed by atoms with Gasteiger partial charge in [-0.15, -0.1) is 0 Å². The zero-order valence-corrected chi connectivity index (χ0v) is 14.8. The van der Waals surface area contributed by atoms with Gasteiger partial charge in [0.2, 0.25) is 0 Å². The van der Waals surface area contributed by atoms with Crippen LogP contribution in [0.25, 0.3) is 10.9 Å². The molecule has 27 heavy (non-hydrogen) atoms. The number of anilines is 1. The Balaban J connectivity index is 1.79. The number of carbonyl (C=O) groups excluding carboxylic acids is 2. The molecule has 0 bridgehead atoms. The molecule has 0 spiro atoms. The van der Waals surface area contributed by atoms with Crippen molar-refractivity contribution in [1.29, 1.82) is 0 Å². The number of carbonyl (C=O) groups is 2. The third-order valence-electron chi connectivity index (χ3n) is 3.77. The molecule has 0 aliphatic carbocycles. The fraction of sp³-hybridized carbons (Fsp3) is 0.105. The molecule has 0 unspecified atom stereocenters. The van der Waals surface area contributed by atoms with E-state index in [4.69, 9.17) is 16.3 Å². The summed E-state index contributed by atoms with van der Waals surface area (Å²) < 4.78 is 32.4. The normalized spacial score (nSPS) is 11.9. The van der Waals surface area contributed by atoms with Crippen LogP contribution in [-0.2, 0) is 9.53 Å². The summed E-state index contributed by atoms with van der Waals surface area (Å²) in [4.78, 5) is 28.7. The molecule has 1 heterocycles. The average molecular weight is 391 g/mol. The van der Waals surface area contributed by atoms with Gasteiger partial charge >= 0.3 is 5.97 Å². The molecular formula is C19H13ClF2N2O3. The van der Waals surface area contributed by atoms with Gasteiger partial charge in [0.1, 0.15) is 22.5 Å². The van der Waals surface area contributed by atoms with Gasteiger partial charge in [0.15, 0.2) is 6.10 Å². The van der Waals surface area contributed by atoms with Gasteiger partial charge in [0, 0.05) is 5.39 Å². The van der Waals surface area contributed by atoms with E-state index in [1.54, 1.807) is 24.3 Å². The number of aromatic nitrogens is 1. The van der Waals surface area contributed by atoms with Crippen LogP contribution in [0, 0.1) is 11.6 Å². The molecule has 0 aliphatic rings. The summed E-state index contributed by atoms with van der Waals surface area (Å²) in [5.41, 5.74) is 0.00705. The Hall–Kier alpha value is -3.06. The Labute approximate surface area is 157 Å². The smallest absolute Gasteiger partial charge is 0.339 e. The summed E-state index contributed by atoms with van der Waals surface area (Å²) in [5, 5.41) is 2.67. The van der Waals surface area contributed by atoms with Crippen LogP contribution in [0.15, 0.2) is 48.5 Å². The monoisotopic (exact) mass is 390 g/mol. The maximum Gasteiger partial charge on any atom is 0.339 e. The molecule has 1 amide bonds. The first kappa shape index (κ1) is 18.7. The highest BCUT2D eigenvalue weighted by Gasteiger charge is 2.23. The minimum atomic E-state index is -1.30. The van der Waals surface area contributed by atoms with Crippen LogP contribution in [-0.4, -0.2) is 23.0 Å². The number of pyridine rings is 1. The standard InChI is InChI=1S/C19H13ClF2N2O3/c1-10(18(25)24-17-13(21)6-4-7-14(17)22)27-19(26)12-9-16(20)23-15-8-3-2-5-11(12)15/h2-10H,1H3,(H,24,25)/t10-/m1/s1. The largest absolute Gasteiger partial charge is 0.449 e. The zero-order chi connectivity index (χ0) is 19.6. The number of benzene rings is 2. The molecule has 0 saturated heterocycles. The molecule has 138 valence electrons. The van der Waals surface area contributed by atoms with Crippen molar-refractivity contribution in [3.8, 4) is 0 Å². The van der Waals surface area contributed by atoms with Gasteiger partial charge in [-0.2, -0.15) is 0 Å². The van der Waals surface area contributed by atoms with Crippen LogP contribution in [0.3, 0.4) is 0 Å². The topological polar surface area (TPSA) is 68.3 Å². The highest BCUT2D eigenvalue weighted by molar-refractivity contribution is 6.30. The van der Waals surface area contributed by atoms with Crippen molar-refractivity contribution in [1.82, 2.24) is 4.98 Å². The molecule has 0 aliphatic heterocycles. The second-order valence-electron chi connectivity index (χ2n) is 5.64. The van der Waals surface area contributed by atoms with E-state index in [-0.39, 0.29) is 10.7 Å². The molecule has 1 N–H and O–H groups in total. The lowest BCUT2D eigenvalue weighted by atomic mass is 10.1. The first-order valence-electron chi connectivity index (χ1n) is 7.88. The number of hydrogen-bond donors (Lipinski definition) is 1. The fourth-order valence-electron chi connectivity index (χ4n) is 2.43. The molecule has 0 radical (unpaired) electrons. The number of fused-ring (bicyclic) bond motifs is 1. The Morgan fingerprint density at radius 2 is 1.78 bits per heavy atom. The van der Waals surface area contributed by atoms with Crippen LogP contribution in [0.2, 0.25) is 5.15 Å². The average Bonchev–Trinajstić information content (AvgIpc) is 2.63. The number of amides is 1. The number of nitrogens with one attached hydrogen (secondary N) is 1. The Kier molecular flexibility index (Phi) is 5.32. The van der Waals surface area contributed by atoms with Crippen LogP contribution in [0.5, 0.6) is 0 Å². The summed E-state index contributed by atoms with van der Waals surface area (Å²) in [6.07, 6.45) is -1.30. The highest BCUT2D eigenvalue weighted by Crippen LogP contribution is 2.22. The molecular weight excluding hydrogens is 378 g/mol. The van der Waals surface area contributed by atoms with Crippen molar-refractivity contribution >= 4 is 40.1 Å². The van der Waals surface area contributed by atoms with Gasteiger partial charge in [-0.05, 0) is 31.2 Å². The molecule has 1 aromatic heterocycles. The van der Waals surface area contributed by atoms with E-state index in [1.807, 2.05) is 0 Å². The summed E-state index contributed by atoms with van der Waals surface area (Å²) >= 11 is 5.93. The van der Waals surface area contributed by atoms with E-state index in [9.17, 15) is 18.4 Å². The first-order valence-corrected chi connectivity index (χ1v) is 8.25. The number of nitrogens with zero attached hydrogens (tertiary/aromatic N) is 1. The van der Waals surface area contributed by atoms with Crippen molar-refractivity contribution in [3.05, 3.63) is 70.9 Å². The number of hydrogen-bond acceptors (Lipinski definition) is 4.